The molecule has 0 saturated carbocycles. The van der Waals surface area contributed by atoms with Gasteiger partial charge in [0.05, 0.1) is 12.5 Å². The summed E-state index contributed by atoms with van der Waals surface area (Å²) in [5.41, 5.74) is 0.989. The maximum Gasteiger partial charge on any atom is 0.242 e. The van der Waals surface area contributed by atoms with Crippen LogP contribution in [0.15, 0.2) is 30.3 Å². The highest BCUT2D eigenvalue weighted by molar-refractivity contribution is 5.80. The lowest BCUT2D eigenvalue weighted by molar-refractivity contribution is -0.166. The van der Waals surface area contributed by atoms with Gasteiger partial charge in [0.15, 0.2) is 0 Å². The minimum absolute atomic E-state index is 0.0100. The highest BCUT2D eigenvalue weighted by atomic mass is 16.5. The van der Waals surface area contributed by atoms with E-state index in [1.165, 1.54) is 14.0 Å². The van der Waals surface area contributed by atoms with Gasteiger partial charge >= 0.3 is 0 Å². The zero-order valence-electron chi connectivity index (χ0n) is 10.6. The molecule has 1 rings (SSSR count). The number of rotatable bonds is 5. The number of carbonyl (C=O) groups excluding carboxylic acids is 2. The topological polar surface area (TPSA) is 69.6 Å². The van der Waals surface area contributed by atoms with Crippen molar-refractivity contribution < 1.29 is 14.8 Å². The predicted octanol–water partition coefficient (Wildman–Crippen LogP) is 0.829. The fourth-order valence-electron chi connectivity index (χ4n) is 1.68. The molecule has 1 atom stereocenters. The number of hydrogen-bond donors (Lipinski definition) is 2. The molecule has 0 bridgehead atoms. The average Bonchev–Trinajstić information content (AvgIpc) is 2.38. The normalized spacial score (nSPS) is 11.7. The van der Waals surface area contributed by atoms with Gasteiger partial charge in [-0.1, -0.05) is 30.3 Å². The number of hydroxylamine groups is 2. The molecule has 0 spiro atoms. The number of nitrogens with zero attached hydrogens (tertiary/aromatic N) is 1. The highest BCUT2D eigenvalue weighted by Crippen LogP contribution is 2.10. The van der Waals surface area contributed by atoms with Crippen LogP contribution < -0.4 is 5.32 Å². The number of nitrogens with one attached hydrogen (secondary N) is 1. The second-order valence-corrected chi connectivity index (χ2v) is 4.10. The van der Waals surface area contributed by atoms with E-state index in [-0.39, 0.29) is 12.5 Å². The Morgan fingerprint density at radius 2 is 1.94 bits per heavy atom. The number of benzene rings is 1. The maximum atomic E-state index is 11.7. The van der Waals surface area contributed by atoms with Gasteiger partial charge in [0.2, 0.25) is 11.8 Å². The fraction of sp³-hybridized carbons (Fsp3) is 0.385. The molecule has 5 heteroatoms. The molecule has 18 heavy (non-hydrogen) atoms. The van der Waals surface area contributed by atoms with Crippen LogP contribution in [0.2, 0.25) is 0 Å². The first kappa shape index (κ1) is 14.2. The van der Waals surface area contributed by atoms with Gasteiger partial charge in [-0.05, 0) is 12.0 Å². The van der Waals surface area contributed by atoms with Crippen molar-refractivity contribution in [3.63, 3.8) is 0 Å². The molecule has 0 aliphatic carbocycles. The molecule has 0 aliphatic heterocycles. The molecule has 0 aliphatic rings. The second-order valence-electron chi connectivity index (χ2n) is 4.10. The Kier molecular flexibility index (Phi) is 5.32. The predicted molar refractivity (Wildman–Crippen MR) is 66.9 cm³/mol. The number of hydrogen-bond acceptors (Lipinski definition) is 3. The van der Waals surface area contributed by atoms with Crippen LogP contribution in [0.1, 0.15) is 12.5 Å². The van der Waals surface area contributed by atoms with Gasteiger partial charge in [-0.2, -0.15) is 0 Å². The Morgan fingerprint density at radius 3 is 2.44 bits per heavy atom. The quantitative estimate of drug-likeness (QED) is 0.600. The SMILES string of the molecule is CNC(=O)[C@@H](Cc1ccccc1)CN(O)C(C)=O. The van der Waals surface area contributed by atoms with Crippen LogP contribution >= 0.6 is 0 Å². The molecular weight excluding hydrogens is 232 g/mol. The minimum atomic E-state index is -0.475. The van der Waals surface area contributed by atoms with E-state index in [0.717, 1.165) is 5.56 Å². The molecule has 1 aromatic carbocycles. The van der Waals surface area contributed by atoms with Crippen LogP contribution in [0.5, 0.6) is 0 Å². The Hall–Kier alpha value is -1.88. The standard InChI is InChI=1S/C13H18N2O3/c1-10(16)15(18)9-12(13(17)14-2)8-11-6-4-3-5-7-11/h3-7,12,18H,8-9H2,1-2H3,(H,14,17)/t12-/m0/s1. The number of carbonyl (C=O) groups is 2. The summed E-state index contributed by atoms with van der Waals surface area (Å²) in [6.07, 6.45) is 0.477. The summed E-state index contributed by atoms with van der Waals surface area (Å²) in [5, 5.41) is 12.5. The zero-order chi connectivity index (χ0) is 13.5. The molecule has 0 fully saturated rings. The molecular formula is C13H18N2O3. The van der Waals surface area contributed by atoms with E-state index in [1.54, 1.807) is 0 Å². The fourth-order valence-corrected chi connectivity index (χ4v) is 1.68. The van der Waals surface area contributed by atoms with E-state index < -0.39 is 11.8 Å². The third-order valence-corrected chi connectivity index (χ3v) is 2.70. The minimum Gasteiger partial charge on any atom is -0.359 e. The van der Waals surface area contributed by atoms with Gasteiger partial charge in [0.1, 0.15) is 0 Å². The largest absolute Gasteiger partial charge is 0.359 e. The van der Waals surface area contributed by atoms with Crippen LogP contribution in [0.4, 0.5) is 0 Å². The Morgan fingerprint density at radius 1 is 1.33 bits per heavy atom. The van der Waals surface area contributed by atoms with E-state index in [4.69, 9.17) is 0 Å². The van der Waals surface area contributed by atoms with E-state index in [2.05, 4.69) is 5.32 Å². The van der Waals surface area contributed by atoms with Crippen molar-refractivity contribution in [1.82, 2.24) is 10.4 Å². The van der Waals surface area contributed by atoms with E-state index >= 15 is 0 Å². The average molecular weight is 250 g/mol. The molecule has 2 N–H and O–H groups in total. The summed E-state index contributed by atoms with van der Waals surface area (Å²) < 4.78 is 0. The lowest BCUT2D eigenvalue weighted by Crippen LogP contribution is -2.39. The highest BCUT2D eigenvalue weighted by Gasteiger charge is 2.21. The lowest BCUT2D eigenvalue weighted by Gasteiger charge is -2.20. The summed E-state index contributed by atoms with van der Waals surface area (Å²) in [7, 11) is 1.54. The first-order chi connectivity index (χ1) is 8.54. The van der Waals surface area contributed by atoms with Crippen molar-refractivity contribution in [1.29, 1.82) is 0 Å². The Labute approximate surface area is 106 Å². The molecule has 0 unspecified atom stereocenters. The van der Waals surface area contributed by atoms with Crippen molar-refractivity contribution in [3.8, 4) is 0 Å². The molecule has 5 nitrogen and oxygen atoms in total. The van der Waals surface area contributed by atoms with Crippen LogP contribution in [-0.4, -0.2) is 35.7 Å². The molecule has 0 aromatic heterocycles. The summed E-state index contributed by atoms with van der Waals surface area (Å²) in [6, 6.07) is 9.49. The molecule has 98 valence electrons. The van der Waals surface area contributed by atoms with Crippen LogP contribution in [0.3, 0.4) is 0 Å². The van der Waals surface area contributed by atoms with Crippen LogP contribution in [0.25, 0.3) is 0 Å². The summed E-state index contributed by atoms with van der Waals surface area (Å²) >= 11 is 0. The van der Waals surface area contributed by atoms with Gasteiger partial charge in [0, 0.05) is 14.0 Å². The van der Waals surface area contributed by atoms with Gasteiger partial charge in [-0.15, -0.1) is 0 Å². The second kappa shape index (κ2) is 6.76. The monoisotopic (exact) mass is 250 g/mol. The van der Waals surface area contributed by atoms with Crippen molar-refractivity contribution >= 4 is 11.8 Å². The van der Waals surface area contributed by atoms with E-state index in [1.807, 2.05) is 30.3 Å². The third kappa shape index (κ3) is 4.18. The molecule has 0 radical (unpaired) electrons. The smallest absolute Gasteiger partial charge is 0.242 e. The summed E-state index contributed by atoms with van der Waals surface area (Å²) in [4.78, 5) is 22.7. The van der Waals surface area contributed by atoms with Crippen LogP contribution in [0, 0.1) is 5.92 Å². The molecule has 0 heterocycles. The first-order valence-electron chi connectivity index (χ1n) is 5.77. The van der Waals surface area contributed by atoms with Crippen LogP contribution in [-0.2, 0) is 16.0 Å². The zero-order valence-corrected chi connectivity index (χ0v) is 10.6. The molecule has 1 aromatic rings. The summed E-state index contributed by atoms with van der Waals surface area (Å²) in [6.45, 7) is 1.24. The van der Waals surface area contributed by atoms with E-state index in [9.17, 15) is 14.8 Å². The van der Waals surface area contributed by atoms with Gasteiger partial charge in [-0.25, -0.2) is 5.06 Å². The van der Waals surface area contributed by atoms with Gasteiger partial charge in [-0.3, -0.25) is 14.8 Å². The third-order valence-electron chi connectivity index (χ3n) is 2.70. The maximum absolute atomic E-state index is 11.7. The molecule has 2 amide bonds. The summed E-state index contributed by atoms with van der Waals surface area (Å²) in [5.74, 6) is -1.14. The Balaban J connectivity index is 2.73. The van der Waals surface area contributed by atoms with Gasteiger partial charge < -0.3 is 5.32 Å². The molecule has 0 saturated heterocycles. The lowest BCUT2D eigenvalue weighted by atomic mass is 9.98. The van der Waals surface area contributed by atoms with Crippen molar-refractivity contribution in [2.24, 2.45) is 5.92 Å². The van der Waals surface area contributed by atoms with Crippen molar-refractivity contribution in [2.45, 2.75) is 13.3 Å². The van der Waals surface area contributed by atoms with Gasteiger partial charge in [0.25, 0.3) is 0 Å². The van der Waals surface area contributed by atoms with Crippen molar-refractivity contribution in [2.75, 3.05) is 13.6 Å². The van der Waals surface area contributed by atoms with Crippen molar-refractivity contribution in [3.05, 3.63) is 35.9 Å². The van der Waals surface area contributed by atoms with E-state index in [0.29, 0.717) is 11.5 Å². The Bertz CT molecular complexity index is 406. The first-order valence-corrected chi connectivity index (χ1v) is 5.77. The number of amides is 2.